The van der Waals surface area contributed by atoms with Crippen molar-refractivity contribution in [2.45, 2.75) is 50.8 Å². The summed E-state index contributed by atoms with van der Waals surface area (Å²) in [6, 6.07) is 16.6. The molecule has 2 aromatic rings. The summed E-state index contributed by atoms with van der Waals surface area (Å²) in [5.74, 6) is -0.200. The van der Waals surface area contributed by atoms with E-state index in [-0.39, 0.29) is 18.6 Å². The second kappa shape index (κ2) is 9.11. The van der Waals surface area contributed by atoms with Gasteiger partial charge in [0.2, 0.25) is 5.91 Å². The van der Waals surface area contributed by atoms with Crippen molar-refractivity contribution in [1.82, 2.24) is 10.6 Å². The summed E-state index contributed by atoms with van der Waals surface area (Å²) in [5.41, 5.74) is 0.802. The third-order valence-corrected chi connectivity index (χ3v) is 5.51. The third-order valence-electron chi connectivity index (χ3n) is 5.17. The minimum Gasteiger partial charge on any atom is -0.445 e. The molecule has 5 nitrogen and oxygen atoms in total. The summed E-state index contributed by atoms with van der Waals surface area (Å²) in [6.45, 7) is 2.05. The van der Waals surface area contributed by atoms with Crippen LogP contribution < -0.4 is 10.6 Å². The van der Waals surface area contributed by atoms with Crippen LogP contribution in [-0.2, 0) is 16.1 Å². The highest BCUT2D eigenvalue weighted by Gasteiger charge is 2.43. The van der Waals surface area contributed by atoms with Crippen LogP contribution in [0.3, 0.4) is 0 Å². The molecule has 0 unspecified atom stereocenters. The summed E-state index contributed by atoms with van der Waals surface area (Å²) in [4.78, 5) is 25.4. The van der Waals surface area contributed by atoms with Crippen molar-refractivity contribution in [2.24, 2.45) is 0 Å². The minimum absolute atomic E-state index is 0.167. The van der Waals surface area contributed by atoms with Gasteiger partial charge in [-0.3, -0.25) is 4.79 Å². The number of hydrogen-bond acceptors (Lipinski definition) is 3. The minimum atomic E-state index is -0.941. The van der Waals surface area contributed by atoms with Gasteiger partial charge in [-0.15, -0.1) is 0 Å². The quantitative estimate of drug-likeness (QED) is 0.734. The molecule has 0 aliphatic heterocycles. The van der Waals surface area contributed by atoms with E-state index in [4.69, 9.17) is 16.3 Å². The van der Waals surface area contributed by atoms with Crippen molar-refractivity contribution in [3.05, 3.63) is 70.7 Å². The largest absolute Gasteiger partial charge is 0.445 e. The summed E-state index contributed by atoms with van der Waals surface area (Å²) in [6.07, 6.45) is 2.37. The van der Waals surface area contributed by atoms with E-state index in [1.54, 1.807) is 6.07 Å². The Bertz CT molecular complexity index is 820. The van der Waals surface area contributed by atoms with Crippen LogP contribution in [0.5, 0.6) is 0 Å². The van der Waals surface area contributed by atoms with Gasteiger partial charge >= 0.3 is 6.09 Å². The lowest BCUT2D eigenvalue weighted by molar-refractivity contribution is -0.128. The average Bonchev–Trinajstić information content (AvgIpc) is 3.17. The van der Waals surface area contributed by atoms with E-state index in [1.165, 1.54) is 0 Å². The van der Waals surface area contributed by atoms with E-state index >= 15 is 0 Å². The maximum atomic E-state index is 13.0. The third kappa shape index (κ3) is 4.84. The standard InChI is InChI=1S/C22H25ClN2O3/c1-16(18-11-5-6-12-19(18)23)24-20(26)22(13-7-8-14-22)25-21(27)28-15-17-9-3-2-4-10-17/h2-6,9-12,16H,7-8,13-15H2,1H3,(H,24,26)(H,25,27)/t16-/m0/s1. The molecule has 0 aromatic heterocycles. The lowest BCUT2D eigenvalue weighted by Crippen LogP contribution is -2.57. The molecular formula is C22H25ClN2O3. The molecule has 3 rings (SSSR count). The van der Waals surface area contributed by atoms with E-state index < -0.39 is 11.6 Å². The molecule has 1 fully saturated rings. The van der Waals surface area contributed by atoms with Crippen molar-refractivity contribution in [1.29, 1.82) is 0 Å². The fourth-order valence-electron chi connectivity index (χ4n) is 3.58. The second-order valence-corrected chi connectivity index (χ2v) is 7.60. The molecule has 0 radical (unpaired) electrons. The van der Waals surface area contributed by atoms with Crippen LogP contribution in [0, 0.1) is 0 Å². The van der Waals surface area contributed by atoms with Crippen molar-refractivity contribution in [2.75, 3.05) is 0 Å². The Morgan fingerprint density at radius 2 is 1.71 bits per heavy atom. The molecule has 1 saturated carbocycles. The Morgan fingerprint density at radius 3 is 2.39 bits per heavy atom. The van der Waals surface area contributed by atoms with Gasteiger partial charge in [-0.05, 0) is 37.0 Å². The molecule has 0 spiro atoms. The van der Waals surface area contributed by atoms with Crippen LogP contribution in [0.1, 0.15) is 49.8 Å². The van der Waals surface area contributed by atoms with Crippen molar-refractivity contribution in [3.63, 3.8) is 0 Å². The van der Waals surface area contributed by atoms with Crippen molar-refractivity contribution in [3.8, 4) is 0 Å². The van der Waals surface area contributed by atoms with Crippen LogP contribution in [-0.4, -0.2) is 17.5 Å². The zero-order valence-corrected chi connectivity index (χ0v) is 16.7. The van der Waals surface area contributed by atoms with E-state index in [0.29, 0.717) is 17.9 Å². The second-order valence-electron chi connectivity index (χ2n) is 7.19. The molecule has 1 atom stereocenters. The van der Waals surface area contributed by atoms with Gasteiger partial charge in [0.25, 0.3) is 0 Å². The van der Waals surface area contributed by atoms with Gasteiger partial charge in [0.05, 0.1) is 6.04 Å². The van der Waals surface area contributed by atoms with Crippen molar-refractivity contribution < 1.29 is 14.3 Å². The van der Waals surface area contributed by atoms with Crippen LogP contribution in [0.15, 0.2) is 54.6 Å². The molecule has 0 heterocycles. The number of nitrogens with one attached hydrogen (secondary N) is 2. The Labute approximate surface area is 170 Å². The molecular weight excluding hydrogens is 376 g/mol. The molecule has 2 aromatic carbocycles. The first-order valence-electron chi connectivity index (χ1n) is 9.54. The average molecular weight is 401 g/mol. The number of ether oxygens (including phenoxy) is 1. The summed E-state index contributed by atoms with van der Waals surface area (Å²) < 4.78 is 5.32. The molecule has 2 N–H and O–H groups in total. The number of carbonyl (C=O) groups excluding carboxylic acids is 2. The first-order chi connectivity index (χ1) is 13.5. The number of hydrogen-bond donors (Lipinski definition) is 2. The highest BCUT2D eigenvalue weighted by molar-refractivity contribution is 6.31. The van der Waals surface area contributed by atoms with Gasteiger partial charge in [0, 0.05) is 5.02 Å². The van der Waals surface area contributed by atoms with E-state index in [1.807, 2.05) is 55.5 Å². The number of halogens is 1. The number of benzene rings is 2. The molecule has 1 aliphatic carbocycles. The number of carbonyl (C=O) groups is 2. The highest BCUT2D eigenvalue weighted by Crippen LogP contribution is 2.31. The van der Waals surface area contributed by atoms with Gasteiger partial charge in [-0.2, -0.15) is 0 Å². The van der Waals surface area contributed by atoms with Crippen LogP contribution in [0.2, 0.25) is 5.02 Å². The van der Waals surface area contributed by atoms with Crippen LogP contribution >= 0.6 is 11.6 Å². The lowest BCUT2D eigenvalue weighted by atomic mass is 9.95. The normalized spacial score (nSPS) is 16.2. The van der Waals surface area contributed by atoms with Gasteiger partial charge in [-0.1, -0.05) is 73.0 Å². The smallest absolute Gasteiger partial charge is 0.408 e. The van der Waals surface area contributed by atoms with Gasteiger partial charge in [-0.25, -0.2) is 4.79 Å². The fraction of sp³-hybridized carbons (Fsp3) is 0.364. The zero-order valence-electron chi connectivity index (χ0n) is 15.9. The Kier molecular flexibility index (Phi) is 6.57. The maximum absolute atomic E-state index is 13.0. The Morgan fingerprint density at radius 1 is 1.07 bits per heavy atom. The molecule has 6 heteroatoms. The first kappa shape index (κ1) is 20.2. The summed E-state index contributed by atoms with van der Waals surface area (Å²) >= 11 is 6.24. The highest BCUT2D eigenvalue weighted by atomic mass is 35.5. The number of amides is 2. The number of alkyl carbamates (subject to hydrolysis) is 1. The molecule has 1 aliphatic rings. The molecule has 28 heavy (non-hydrogen) atoms. The van der Waals surface area contributed by atoms with E-state index in [2.05, 4.69) is 10.6 Å². The topological polar surface area (TPSA) is 67.4 Å². The summed E-state index contributed by atoms with van der Waals surface area (Å²) in [5, 5.41) is 6.44. The summed E-state index contributed by atoms with van der Waals surface area (Å²) in [7, 11) is 0. The maximum Gasteiger partial charge on any atom is 0.408 e. The van der Waals surface area contributed by atoms with Gasteiger partial charge < -0.3 is 15.4 Å². The first-order valence-corrected chi connectivity index (χ1v) is 9.92. The Balaban J connectivity index is 1.63. The SMILES string of the molecule is C[C@H](NC(=O)C1(NC(=O)OCc2ccccc2)CCCC1)c1ccccc1Cl. The Hall–Kier alpha value is -2.53. The molecule has 0 bridgehead atoms. The fourth-order valence-corrected chi connectivity index (χ4v) is 3.88. The lowest BCUT2D eigenvalue weighted by Gasteiger charge is -2.30. The van der Waals surface area contributed by atoms with Crippen molar-refractivity contribution >= 4 is 23.6 Å². The van der Waals surface area contributed by atoms with Crippen LogP contribution in [0.4, 0.5) is 4.79 Å². The monoisotopic (exact) mass is 400 g/mol. The van der Waals surface area contributed by atoms with Gasteiger partial charge in [0.15, 0.2) is 0 Å². The zero-order chi connectivity index (χ0) is 20.0. The number of rotatable bonds is 6. The van der Waals surface area contributed by atoms with Gasteiger partial charge in [0.1, 0.15) is 12.1 Å². The van der Waals surface area contributed by atoms with Crippen LogP contribution in [0.25, 0.3) is 0 Å². The molecule has 0 saturated heterocycles. The molecule has 2 amide bonds. The predicted octanol–water partition coefficient (Wildman–Crippen LogP) is 4.76. The predicted molar refractivity (Wildman–Crippen MR) is 109 cm³/mol. The van der Waals surface area contributed by atoms with E-state index in [0.717, 1.165) is 24.0 Å². The molecule has 148 valence electrons. The van der Waals surface area contributed by atoms with E-state index in [9.17, 15) is 9.59 Å².